The fraction of sp³-hybridized carbons (Fsp3) is 0.294. The molecule has 0 bridgehead atoms. The third kappa shape index (κ3) is 4.19. The fourth-order valence-corrected chi connectivity index (χ4v) is 9.09. The summed E-state index contributed by atoms with van der Waals surface area (Å²) in [4.78, 5) is 54.1. The molecule has 2 aliphatic carbocycles. The van der Waals surface area contributed by atoms with Crippen molar-refractivity contribution in [2.24, 2.45) is 17.8 Å². The first kappa shape index (κ1) is 30.8. The van der Waals surface area contributed by atoms with Gasteiger partial charge in [0, 0.05) is 22.9 Å². The molecule has 3 fully saturated rings. The lowest BCUT2D eigenvalue weighted by Gasteiger charge is -2.50. The maximum atomic E-state index is 14.3. The Hall–Kier alpha value is -3.86. The van der Waals surface area contributed by atoms with Gasteiger partial charge in [0.2, 0.25) is 11.8 Å². The lowest BCUT2D eigenvalue weighted by Crippen LogP contribution is -2.60. The third-order valence-electron chi connectivity index (χ3n) is 9.76. The summed E-state index contributed by atoms with van der Waals surface area (Å²) in [5.41, 5.74) is 2.78. The van der Waals surface area contributed by atoms with E-state index < -0.39 is 51.1 Å². The van der Waals surface area contributed by atoms with Gasteiger partial charge in [-0.15, -0.1) is 23.2 Å². The number of ether oxygens (including phenoxy) is 1. The zero-order valence-electron chi connectivity index (χ0n) is 24.5. The quantitative estimate of drug-likeness (QED) is 0.138. The van der Waals surface area contributed by atoms with Crippen molar-refractivity contribution in [3.8, 4) is 11.5 Å². The molecule has 236 valence electrons. The second kappa shape index (κ2) is 11.1. The maximum absolute atomic E-state index is 14.3. The minimum atomic E-state index is -2.02. The van der Waals surface area contributed by atoms with Gasteiger partial charge < -0.3 is 15.2 Å². The molecule has 2 heterocycles. The second-order valence-electron chi connectivity index (χ2n) is 11.9. The Morgan fingerprint density at radius 2 is 1.61 bits per heavy atom. The predicted molar refractivity (Wildman–Crippen MR) is 177 cm³/mol. The summed E-state index contributed by atoms with van der Waals surface area (Å²) in [5, 5.41) is 14.6. The van der Waals surface area contributed by atoms with Gasteiger partial charge in [-0.1, -0.05) is 57.9 Å². The number of rotatable bonds is 6. The van der Waals surface area contributed by atoms with Crippen molar-refractivity contribution in [2.75, 3.05) is 22.8 Å². The number of benzene rings is 3. The number of nitrogens with one attached hydrogen (secondary N) is 1. The molecule has 2 aliphatic heterocycles. The van der Waals surface area contributed by atoms with Crippen molar-refractivity contribution in [1.29, 1.82) is 0 Å². The number of para-hydroxylation sites is 2. The van der Waals surface area contributed by atoms with Crippen LogP contribution >= 0.6 is 39.1 Å². The molecule has 0 aromatic heterocycles. The number of halogens is 3. The highest BCUT2D eigenvalue weighted by Gasteiger charge is 2.76. The van der Waals surface area contributed by atoms with Gasteiger partial charge in [0.25, 0.3) is 11.8 Å². The summed E-state index contributed by atoms with van der Waals surface area (Å²) in [6, 6.07) is 21.4. The third-order valence-corrected chi connectivity index (χ3v) is 11.7. The lowest BCUT2D eigenvalue weighted by atomic mass is 9.56. The number of fused-ring (bicyclic) bond motifs is 4. The van der Waals surface area contributed by atoms with E-state index in [2.05, 4.69) is 21.2 Å². The molecular formula is C34H28BrCl2N3O6. The SMILES string of the molecule is COc1cccc([C@H]2C3=CC[C@@H]4C(=O)N(c5ccc(Nc6ccccc6)cc5)C(=O)[C@@H]4[C@@H]3C[C@@]3(Cl)C(=O)N(CBr)C(=O)[C@@]23Cl)c1O. The van der Waals surface area contributed by atoms with Crippen LogP contribution in [0.1, 0.15) is 24.3 Å². The highest BCUT2D eigenvalue weighted by Crippen LogP contribution is 2.66. The van der Waals surface area contributed by atoms with Crippen LogP contribution in [-0.4, -0.2) is 55.9 Å². The number of imide groups is 2. The van der Waals surface area contributed by atoms with Crippen molar-refractivity contribution in [2.45, 2.75) is 28.5 Å². The molecule has 2 saturated heterocycles. The Morgan fingerprint density at radius 1 is 0.913 bits per heavy atom. The van der Waals surface area contributed by atoms with E-state index in [0.29, 0.717) is 11.3 Å². The largest absolute Gasteiger partial charge is 0.504 e. The molecule has 7 rings (SSSR count). The number of nitrogens with zero attached hydrogens (tertiary/aromatic N) is 2. The Morgan fingerprint density at radius 3 is 2.28 bits per heavy atom. The number of amides is 4. The Kier molecular flexibility index (Phi) is 7.45. The summed E-state index contributed by atoms with van der Waals surface area (Å²) in [5.74, 6) is -5.66. The molecule has 46 heavy (non-hydrogen) atoms. The standard InChI is InChI=1S/C34H28BrCl2N3O6/c1-46-25-9-5-8-23(28(25)41)27-21-14-15-22-26(24(21)16-33(36)31(44)39(17-35)32(45)34(27,33)37)30(43)40(29(22)42)20-12-10-19(11-13-20)38-18-6-3-2-4-7-18/h2-14,22,24,26-27,38,41H,15-17H2,1H3/t22-,24+,26-,27+,33+,34-/m0/s1. The van der Waals surface area contributed by atoms with Crippen LogP contribution in [0.4, 0.5) is 17.1 Å². The average molecular weight is 725 g/mol. The lowest BCUT2D eigenvalue weighted by molar-refractivity contribution is -0.138. The molecule has 1 saturated carbocycles. The highest BCUT2D eigenvalue weighted by molar-refractivity contribution is 9.09. The van der Waals surface area contributed by atoms with Crippen LogP contribution < -0.4 is 15.0 Å². The van der Waals surface area contributed by atoms with Crippen molar-refractivity contribution >= 4 is 79.8 Å². The molecule has 3 aromatic carbocycles. The number of hydrogen-bond acceptors (Lipinski definition) is 7. The van der Waals surface area contributed by atoms with Gasteiger partial charge >= 0.3 is 0 Å². The van der Waals surface area contributed by atoms with Crippen LogP contribution in [0.15, 0.2) is 84.4 Å². The van der Waals surface area contributed by atoms with Crippen LogP contribution in [0.2, 0.25) is 0 Å². The summed E-state index contributed by atoms with van der Waals surface area (Å²) < 4.78 is 5.35. The minimum Gasteiger partial charge on any atom is -0.504 e. The molecule has 9 nitrogen and oxygen atoms in total. The first-order valence-corrected chi connectivity index (χ1v) is 16.6. The Balaban J connectivity index is 1.29. The number of aromatic hydroxyl groups is 1. The number of alkyl halides is 3. The van der Waals surface area contributed by atoms with Crippen molar-refractivity contribution in [1.82, 2.24) is 4.90 Å². The fourth-order valence-electron chi connectivity index (χ4n) is 7.67. The number of carbonyl (C=O) groups excluding carboxylic acids is 4. The molecular weight excluding hydrogens is 697 g/mol. The maximum Gasteiger partial charge on any atom is 0.254 e. The van der Waals surface area contributed by atoms with Crippen LogP contribution in [0.25, 0.3) is 0 Å². The first-order valence-electron chi connectivity index (χ1n) is 14.7. The summed E-state index contributed by atoms with van der Waals surface area (Å²) in [7, 11) is 1.40. The highest BCUT2D eigenvalue weighted by atomic mass is 79.9. The van der Waals surface area contributed by atoms with Crippen LogP contribution in [0.5, 0.6) is 11.5 Å². The number of methoxy groups -OCH3 is 1. The number of anilines is 3. The van der Waals surface area contributed by atoms with E-state index in [1.54, 1.807) is 42.5 Å². The summed E-state index contributed by atoms with van der Waals surface area (Å²) in [6.45, 7) is 0. The van der Waals surface area contributed by atoms with Crippen LogP contribution in [0.3, 0.4) is 0 Å². The molecule has 0 radical (unpaired) electrons. The number of likely N-dealkylation sites (tertiary alicyclic amines) is 1. The molecule has 2 N–H and O–H groups in total. The Bertz CT molecular complexity index is 1820. The summed E-state index contributed by atoms with van der Waals surface area (Å²) >= 11 is 17.7. The van der Waals surface area contributed by atoms with Crippen molar-refractivity contribution in [3.05, 3.63) is 90.0 Å². The van der Waals surface area contributed by atoms with Crippen molar-refractivity contribution < 1.29 is 29.0 Å². The van der Waals surface area contributed by atoms with Gasteiger partial charge in [0.05, 0.1) is 30.1 Å². The smallest absolute Gasteiger partial charge is 0.254 e. The molecule has 6 atom stereocenters. The van der Waals surface area contributed by atoms with Gasteiger partial charge in [-0.05, 0) is 61.2 Å². The van der Waals surface area contributed by atoms with E-state index in [0.717, 1.165) is 16.3 Å². The normalized spacial score (nSPS) is 30.1. The van der Waals surface area contributed by atoms with Gasteiger partial charge in [-0.3, -0.25) is 29.0 Å². The van der Waals surface area contributed by atoms with E-state index in [-0.39, 0.29) is 41.3 Å². The number of phenols is 1. The van der Waals surface area contributed by atoms with Gasteiger partial charge in [-0.2, -0.15) is 0 Å². The van der Waals surface area contributed by atoms with E-state index >= 15 is 0 Å². The predicted octanol–water partition coefficient (Wildman–Crippen LogP) is 6.06. The van der Waals surface area contributed by atoms with Crippen LogP contribution in [-0.2, 0) is 19.2 Å². The zero-order chi connectivity index (χ0) is 32.5. The van der Waals surface area contributed by atoms with Crippen molar-refractivity contribution in [3.63, 3.8) is 0 Å². The zero-order valence-corrected chi connectivity index (χ0v) is 27.6. The van der Waals surface area contributed by atoms with Gasteiger partial charge in [-0.25, -0.2) is 0 Å². The van der Waals surface area contributed by atoms with Gasteiger partial charge in [0.15, 0.2) is 21.2 Å². The first-order chi connectivity index (χ1) is 22.1. The number of phenolic OH excluding ortho intramolecular Hbond substituents is 1. The van der Waals surface area contributed by atoms with E-state index in [9.17, 15) is 24.3 Å². The molecule has 0 unspecified atom stereocenters. The van der Waals surface area contributed by atoms with E-state index in [1.807, 2.05) is 36.4 Å². The molecule has 4 amide bonds. The van der Waals surface area contributed by atoms with E-state index in [4.69, 9.17) is 27.9 Å². The number of hydrogen-bond donors (Lipinski definition) is 2. The number of allylic oxidation sites excluding steroid dienone is 2. The van der Waals surface area contributed by atoms with Gasteiger partial charge in [0.1, 0.15) is 0 Å². The summed E-state index contributed by atoms with van der Waals surface area (Å²) in [6.07, 6.45) is 1.89. The molecule has 4 aliphatic rings. The van der Waals surface area contributed by atoms with Crippen LogP contribution in [0, 0.1) is 17.8 Å². The molecule has 3 aromatic rings. The monoisotopic (exact) mass is 723 g/mol. The number of carbonyl (C=O) groups is 4. The average Bonchev–Trinajstić information content (AvgIpc) is 3.40. The second-order valence-corrected chi connectivity index (χ2v) is 13.7. The molecule has 0 spiro atoms. The molecule has 12 heteroatoms. The Labute approximate surface area is 283 Å². The minimum absolute atomic E-state index is 0.138. The topological polar surface area (TPSA) is 116 Å². The van der Waals surface area contributed by atoms with E-state index in [1.165, 1.54) is 12.0 Å².